The lowest BCUT2D eigenvalue weighted by Crippen LogP contribution is -2.30. The van der Waals surface area contributed by atoms with Crippen molar-refractivity contribution in [3.63, 3.8) is 0 Å². The van der Waals surface area contributed by atoms with Gasteiger partial charge in [0.2, 0.25) is 0 Å². The maximum Gasteiger partial charge on any atom is 0.472 e. The predicted octanol–water partition coefficient (Wildman–Crippen LogP) is 18.1. The van der Waals surface area contributed by atoms with Crippen LogP contribution in [-0.2, 0) is 65.4 Å². The lowest BCUT2D eigenvalue weighted by atomic mass is 10.00. The lowest BCUT2D eigenvalue weighted by molar-refractivity contribution is -0.161. The van der Waals surface area contributed by atoms with E-state index in [0.29, 0.717) is 37.5 Å². The van der Waals surface area contributed by atoms with Crippen LogP contribution in [0.15, 0.2) is 0 Å². The first kappa shape index (κ1) is 83.1. The van der Waals surface area contributed by atoms with Gasteiger partial charge < -0.3 is 33.8 Å². The van der Waals surface area contributed by atoms with Crippen molar-refractivity contribution in [3.05, 3.63) is 0 Å². The standard InChI is InChI=1S/C66H128O17P2/c1-9-59(8)45-37-29-22-25-31-39-47-64(69)77-52-61(82-65(70)48-40-32-19-17-15-13-11-10-12-14-16-18-26-34-42-56(2)3)54-80-84(72,73)78-50-60(67)51-79-85(74,75)81-55-62(83-66(71)49-41-33-24-21-28-36-44-58(6)7)53-76-63(68)46-38-30-23-20-27-35-43-57(4)5/h56-62,67H,9-55H2,1-8H3,(H,72,73)(H,74,75)/t59?,60-,61-,62-/m1/s1. The number of carbonyl (C=O) groups excluding carboxylic acids is 4. The Kier molecular flexibility index (Phi) is 54.8. The first-order valence-corrected chi connectivity index (χ1v) is 37.2. The first-order valence-electron chi connectivity index (χ1n) is 34.2. The summed E-state index contributed by atoms with van der Waals surface area (Å²) in [5.74, 6) is 0.733. The Hall–Kier alpha value is -1.94. The van der Waals surface area contributed by atoms with Gasteiger partial charge in [0.05, 0.1) is 26.4 Å². The van der Waals surface area contributed by atoms with Gasteiger partial charge in [-0.2, -0.15) is 0 Å². The second-order valence-electron chi connectivity index (χ2n) is 25.5. The van der Waals surface area contributed by atoms with Crippen LogP contribution in [0.3, 0.4) is 0 Å². The van der Waals surface area contributed by atoms with Crippen molar-refractivity contribution in [3.8, 4) is 0 Å². The van der Waals surface area contributed by atoms with Gasteiger partial charge in [0.1, 0.15) is 19.3 Å². The Balaban J connectivity index is 5.21. The van der Waals surface area contributed by atoms with Crippen molar-refractivity contribution in [1.82, 2.24) is 0 Å². The monoisotopic (exact) mass is 1250 g/mol. The summed E-state index contributed by atoms with van der Waals surface area (Å²) in [7, 11) is -9.89. The highest BCUT2D eigenvalue weighted by Gasteiger charge is 2.30. The lowest BCUT2D eigenvalue weighted by Gasteiger charge is -2.21. The Bertz CT molecular complexity index is 1700. The van der Waals surface area contributed by atoms with Crippen LogP contribution in [-0.4, -0.2) is 96.7 Å². The van der Waals surface area contributed by atoms with Gasteiger partial charge in [-0.25, -0.2) is 9.13 Å². The van der Waals surface area contributed by atoms with E-state index >= 15 is 0 Å². The van der Waals surface area contributed by atoms with Crippen LogP contribution in [0, 0.1) is 23.7 Å². The minimum atomic E-state index is -4.95. The molecule has 504 valence electrons. The van der Waals surface area contributed by atoms with E-state index in [1.165, 1.54) is 109 Å². The molecule has 3 N–H and O–H groups in total. The SMILES string of the molecule is CCC(C)CCCCCCCCC(=O)OC[C@H](COP(=O)(O)OC[C@@H](O)COP(=O)(O)OC[C@@H](COC(=O)CCCCCCCCC(C)C)OC(=O)CCCCCCCCC(C)C)OC(=O)CCCCCCCCCCCCCCCCC(C)C. The number of hydrogen-bond acceptors (Lipinski definition) is 15. The molecule has 19 heteroatoms. The molecule has 0 aliphatic rings. The number of aliphatic hydroxyl groups is 1. The van der Waals surface area contributed by atoms with Crippen LogP contribution in [0.5, 0.6) is 0 Å². The highest BCUT2D eigenvalue weighted by Crippen LogP contribution is 2.45. The highest BCUT2D eigenvalue weighted by atomic mass is 31.2. The predicted molar refractivity (Wildman–Crippen MR) is 340 cm³/mol. The molecule has 0 aromatic rings. The molecule has 0 fully saturated rings. The summed E-state index contributed by atoms with van der Waals surface area (Å²) in [5, 5.41) is 10.5. The molecule has 85 heavy (non-hydrogen) atoms. The van der Waals surface area contributed by atoms with E-state index < -0.39 is 97.5 Å². The van der Waals surface area contributed by atoms with E-state index in [2.05, 4.69) is 55.4 Å². The maximum absolute atomic E-state index is 13.0. The van der Waals surface area contributed by atoms with Crippen molar-refractivity contribution in [2.45, 2.75) is 337 Å². The summed E-state index contributed by atoms with van der Waals surface area (Å²) in [4.78, 5) is 72.2. The molecule has 3 unspecified atom stereocenters. The van der Waals surface area contributed by atoms with Crippen LogP contribution < -0.4 is 0 Å². The minimum absolute atomic E-state index is 0.100. The molecule has 0 radical (unpaired) electrons. The Morgan fingerprint density at radius 1 is 0.329 bits per heavy atom. The summed E-state index contributed by atoms with van der Waals surface area (Å²) in [6.07, 6.45) is 36.6. The maximum atomic E-state index is 13.0. The number of hydrogen-bond donors (Lipinski definition) is 3. The first-order chi connectivity index (χ1) is 40.6. The van der Waals surface area contributed by atoms with Crippen molar-refractivity contribution in [2.24, 2.45) is 23.7 Å². The van der Waals surface area contributed by atoms with Crippen LogP contribution >= 0.6 is 15.6 Å². The molecule has 0 spiro atoms. The molecule has 0 aliphatic heterocycles. The summed E-state index contributed by atoms with van der Waals surface area (Å²) in [6, 6.07) is 0. The van der Waals surface area contributed by atoms with Gasteiger partial charge in [0.15, 0.2) is 12.2 Å². The number of unbranched alkanes of at least 4 members (excludes halogenated alkanes) is 28. The van der Waals surface area contributed by atoms with E-state index in [1.807, 2.05) is 0 Å². The zero-order valence-electron chi connectivity index (χ0n) is 55.2. The molecule has 6 atom stereocenters. The largest absolute Gasteiger partial charge is 0.472 e. The Labute approximate surface area is 517 Å². The molecular weight excluding hydrogens is 1130 g/mol. The number of phosphoric acid groups is 2. The average Bonchev–Trinajstić information content (AvgIpc) is 3.61. The summed E-state index contributed by atoms with van der Waals surface area (Å²) in [5.41, 5.74) is 0. The fraction of sp³-hybridized carbons (Fsp3) is 0.939. The van der Waals surface area contributed by atoms with E-state index in [-0.39, 0.29) is 25.7 Å². The summed E-state index contributed by atoms with van der Waals surface area (Å²) < 4.78 is 68.0. The van der Waals surface area contributed by atoms with Crippen LogP contribution in [0.4, 0.5) is 0 Å². The molecule has 0 aliphatic carbocycles. The topological polar surface area (TPSA) is 237 Å². The fourth-order valence-corrected chi connectivity index (χ4v) is 11.3. The van der Waals surface area contributed by atoms with Gasteiger partial charge in [0.25, 0.3) is 0 Å². The molecule has 0 saturated carbocycles. The average molecular weight is 1260 g/mol. The quantitative estimate of drug-likeness (QED) is 0.0222. The van der Waals surface area contributed by atoms with Crippen molar-refractivity contribution < 1.29 is 80.2 Å². The highest BCUT2D eigenvalue weighted by molar-refractivity contribution is 7.47. The summed E-state index contributed by atoms with van der Waals surface area (Å²) in [6.45, 7) is 13.9. The van der Waals surface area contributed by atoms with Gasteiger partial charge in [-0.1, -0.05) is 267 Å². The third-order valence-corrected chi connectivity index (χ3v) is 17.3. The molecule has 0 aromatic heterocycles. The smallest absolute Gasteiger partial charge is 0.462 e. The molecular formula is C66H128O17P2. The number of esters is 4. The van der Waals surface area contributed by atoms with Crippen LogP contribution in [0.25, 0.3) is 0 Å². The van der Waals surface area contributed by atoms with E-state index in [0.717, 1.165) is 115 Å². The van der Waals surface area contributed by atoms with E-state index in [4.69, 9.17) is 37.0 Å². The zero-order chi connectivity index (χ0) is 63.2. The van der Waals surface area contributed by atoms with Gasteiger partial charge in [-0.05, 0) is 49.4 Å². The number of aliphatic hydroxyl groups excluding tert-OH is 1. The van der Waals surface area contributed by atoms with Gasteiger partial charge >= 0.3 is 39.5 Å². The summed E-state index contributed by atoms with van der Waals surface area (Å²) >= 11 is 0. The molecule has 0 aromatic carbocycles. The zero-order valence-corrected chi connectivity index (χ0v) is 57.0. The Morgan fingerprint density at radius 2 is 0.565 bits per heavy atom. The third-order valence-electron chi connectivity index (χ3n) is 15.4. The number of ether oxygens (including phenoxy) is 4. The van der Waals surface area contributed by atoms with Crippen molar-refractivity contribution >= 4 is 39.5 Å². The van der Waals surface area contributed by atoms with Crippen LogP contribution in [0.1, 0.15) is 319 Å². The minimum Gasteiger partial charge on any atom is -0.462 e. The molecule has 17 nitrogen and oxygen atoms in total. The van der Waals surface area contributed by atoms with Gasteiger partial charge in [-0.3, -0.25) is 37.3 Å². The second kappa shape index (κ2) is 56.1. The molecule has 0 saturated heterocycles. The number of carbonyl (C=O) groups is 4. The third kappa shape index (κ3) is 59.5. The number of rotatable bonds is 63. The molecule has 0 heterocycles. The van der Waals surface area contributed by atoms with E-state index in [9.17, 15) is 43.2 Å². The Morgan fingerprint density at radius 3 is 0.835 bits per heavy atom. The van der Waals surface area contributed by atoms with Gasteiger partial charge in [0, 0.05) is 25.7 Å². The van der Waals surface area contributed by atoms with E-state index in [1.54, 1.807) is 0 Å². The molecule has 0 amide bonds. The van der Waals surface area contributed by atoms with Crippen molar-refractivity contribution in [1.29, 1.82) is 0 Å². The van der Waals surface area contributed by atoms with Gasteiger partial charge in [-0.15, -0.1) is 0 Å². The molecule has 0 rings (SSSR count). The van der Waals surface area contributed by atoms with Crippen molar-refractivity contribution in [2.75, 3.05) is 39.6 Å². The second-order valence-corrected chi connectivity index (χ2v) is 28.4. The van der Waals surface area contributed by atoms with Crippen LogP contribution in [0.2, 0.25) is 0 Å². The molecule has 0 bridgehead atoms. The fourth-order valence-electron chi connectivity index (χ4n) is 9.75. The normalized spacial score (nSPS) is 14.7. The number of phosphoric ester groups is 2.